The zero-order valence-corrected chi connectivity index (χ0v) is 25.8. The predicted octanol–water partition coefficient (Wildman–Crippen LogP) is 6.34. The molecule has 0 saturated heterocycles. The van der Waals surface area contributed by atoms with E-state index in [1.165, 1.54) is 69.0 Å². The lowest BCUT2D eigenvalue weighted by molar-refractivity contribution is -0.133. The van der Waals surface area contributed by atoms with E-state index in [2.05, 4.69) is 20.6 Å². The molecule has 0 bridgehead atoms. The Morgan fingerprint density at radius 3 is 2.33 bits per heavy atom. The molecule has 2 heterocycles. The van der Waals surface area contributed by atoms with Crippen LogP contribution in [0.25, 0.3) is 33.4 Å². The molecule has 1 aliphatic carbocycles. The number of benzene rings is 3. The summed E-state index contributed by atoms with van der Waals surface area (Å²) in [6, 6.07) is 14.6. The van der Waals surface area contributed by atoms with Crippen LogP contribution in [0.4, 0.5) is 17.6 Å². The van der Waals surface area contributed by atoms with E-state index >= 15 is 0 Å². The van der Waals surface area contributed by atoms with Gasteiger partial charge in [-0.2, -0.15) is 13.2 Å². The third kappa shape index (κ3) is 6.33. The standard InChI is InChI=1S/C35H30F4N4O5/c1-40-32(46)29-25-16-24(21(10-11-35(37,38)39)15-28(25)48-30(29)19-4-7-22(36)8-5-19)20-6-9-27(47-2)26(14-20)31(45)43-34(17-23(44)18-34)33-41-12-3-13-42-33/h3-9,12-16,23,44H,10-11,17-18H2,1-2H3,(H,40,46)(H,43,45). The summed E-state index contributed by atoms with van der Waals surface area (Å²) in [6.07, 6.45) is -3.26. The molecule has 2 aromatic heterocycles. The quantitative estimate of drug-likeness (QED) is 0.157. The second kappa shape index (κ2) is 12.7. The van der Waals surface area contributed by atoms with Gasteiger partial charge in [0.05, 0.1) is 24.3 Å². The minimum absolute atomic E-state index is 0.0827. The number of amides is 2. The summed E-state index contributed by atoms with van der Waals surface area (Å²) >= 11 is 0. The highest BCUT2D eigenvalue weighted by molar-refractivity contribution is 6.12. The molecule has 0 unspecified atom stereocenters. The van der Waals surface area contributed by atoms with Crippen molar-refractivity contribution in [3.05, 3.63) is 101 Å². The average molecular weight is 663 g/mol. The van der Waals surface area contributed by atoms with Crippen molar-refractivity contribution in [2.24, 2.45) is 0 Å². The Kier molecular flexibility index (Phi) is 8.65. The van der Waals surface area contributed by atoms with Crippen LogP contribution in [0, 0.1) is 5.82 Å². The van der Waals surface area contributed by atoms with E-state index in [9.17, 15) is 32.3 Å². The van der Waals surface area contributed by atoms with Gasteiger partial charge in [0.15, 0.2) is 5.82 Å². The summed E-state index contributed by atoms with van der Waals surface area (Å²) in [5, 5.41) is 16.0. The Morgan fingerprint density at radius 2 is 1.71 bits per heavy atom. The number of aliphatic hydroxyl groups excluding tert-OH is 1. The number of fused-ring (bicyclic) bond motifs is 1. The van der Waals surface area contributed by atoms with Crippen molar-refractivity contribution in [3.8, 4) is 28.2 Å². The van der Waals surface area contributed by atoms with Gasteiger partial charge in [-0.1, -0.05) is 6.07 Å². The predicted molar refractivity (Wildman–Crippen MR) is 168 cm³/mol. The van der Waals surface area contributed by atoms with E-state index < -0.39 is 48.3 Å². The fourth-order valence-corrected chi connectivity index (χ4v) is 6.06. The Labute approximate surface area is 272 Å². The molecule has 3 N–H and O–H groups in total. The summed E-state index contributed by atoms with van der Waals surface area (Å²) in [7, 11) is 2.81. The number of carbonyl (C=O) groups excluding carboxylic acids is 2. The molecule has 0 atom stereocenters. The number of halogens is 4. The average Bonchev–Trinajstić information content (AvgIpc) is 3.44. The first-order chi connectivity index (χ1) is 22.9. The fraction of sp³-hybridized carbons (Fsp3) is 0.257. The number of hydrogen-bond acceptors (Lipinski definition) is 7. The van der Waals surface area contributed by atoms with Crippen molar-refractivity contribution < 1.29 is 41.4 Å². The molecule has 5 aromatic rings. The molecule has 0 radical (unpaired) electrons. The van der Waals surface area contributed by atoms with Gasteiger partial charge in [-0.15, -0.1) is 0 Å². The lowest BCUT2D eigenvalue weighted by atomic mass is 9.73. The molecule has 1 fully saturated rings. The Balaban J connectivity index is 1.49. The van der Waals surface area contributed by atoms with Crippen LogP contribution in [-0.4, -0.2) is 53.3 Å². The molecule has 9 nitrogen and oxygen atoms in total. The van der Waals surface area contributed by atoms with Gasteiger partial charge in [-0.05, 0) is 77.7 Å². The number of rotatable bonds is 9. The van der Waals surface area contributed by atoms with E-state index in [0.29, 0.717) is 27.9 Å². The molecule has 1 aliphatic rings. The molecular formula is C35H30F4N4O5. The largest absolute Gasteiger partial charge is 0.496 e. The van der Waals surface area contributed by atoms with Gasteiger partial charge in [0.2, 0.25) is 0 Å². The smallest absolute Gasteiger partial charge is 0.389 e. The molecule has 0 spiro atoms. The maximum Gasteiger partial charge on any atom is 0.389 e. The van der Waals surface area contributed by atoms with Gasteiger partial charge in [0.1, 0.15) is 28.4 Å². The summed E-state index contributed by atoms with van der Waals surface area (Å²) in [5.41, 5.74) is 0.689. The van der Waals surface area contributed by atoms with Crippen LogP contribution in [0.3, 0.4) is 0 Å². The summed E-state index contributed by atoms with van der Waals surface area (Å²) in [6.45, 7) is 0. The van der Waals surface area contributed by atoms with Crippen LogP contribution in [0.15, 0.2) is 77.5 Å². The van der Waals surface area contributed by atoms with Gasteiger partial charge in [-0.3, -0.25) is 9.59 Å². The normalized spacial score (nSPS) is 17.5. The molecule has 2 amide bonds. The monoisotopic (exact) mass is 662 g/mol. The molecule has 6 rings (SSSR count). The fourth-order valence-electron chi connectivity index (χ4n) is 6.06. The number of ether oxygens (including phenoxy) is 1. The lowest BCUT2D eigenvalue weighted by Crippen LogP contribution is -2.57. The number of alkyl halides is 3. The minimum Gasteiger partial charge on any atom is -0.496 e. The van der Waals surface area contributed by atoms with Gasteiger partial charge in [0.25, 0.3) is 11.8 Å². The number of aryl methyl sites for hydroxylation is 1. The number of aliphatic hydroxyl groups is 1. The number of methoxy groups -OCH3 is 1. The first-order valence-corrected chi connectivity index (χ1v) is 15.0. The number of furan rings is 1. The maximum atomic E-state index is 13.8. The molecule has 0 aliphatic heterocycles. The molecule has 48 heavy (non-hydrogen) atoms. The number of nitrogens with one attached hydrogen (secondary N) is 2. The molecule has 3 aromatic carbocycles. The van der Waals surface area contributed by atoms with Crippen LogP contribution in [0.5, 0.6) is 5.75 Å². The van der Waals surface area contributed by atoms with Gasteiger partial charge < -0.3 is 24.9 Å². The van der Waals surface area contributed by atoms with Crippen LogP contribution < -0.4 is 15.4 Å². The first kappa shape index (κ1) is 32.6. The summed E-state index contributed by atoms with van der Waals surface area (Å²) in [5.74, 6) is -0.937. The van der Waals surface area contributed by atoms with Crippen molar-refractivity contribution in [1.29, 1.82) is 0 Å². The Hall–Kier alpha value is -5.30. The SMILES string of the molecule is CNC(=O)c1c(-c2ccc(F)cc2)oc2cc(CCC(F)(F)F)c(-c3ccc(OC)c(C(=O)NC4(c5ncccn5)CC(O)C4)c3)cc12. The minimum atomic E-state index is -4.46. The van der Waals surface area contributed by atoms with Crippen molar-refractivity contribution in [1.82, 2.24) is 20.6 Å². The van der Waals surface area contributed by atoms with Crippen molar-refractivity contribution in [2.75, 3.05) is 14.2 Å². The number of nitrogens with zero attached hydrogens (tertiary/aromatic N) is 2. The third-order valence-electron chi connectivity index (χ3n) is 8.42. The van der Waals surface area contributed by atoms with Crippen LogP contribution in [0.1, 0.15) is 51.4 Å². The summed E-state index contributed by atoms with van der Waals surface area (Å²) < 4.78 is 65.7. The zero-order valence-electron chi connectivity index (χ0n) is 25.8. The second-order valence-corrected chi connectivity index (χ2v) is 11.6. The molecular weight excluding hydrogens is 632 g/mol. The second-order valence-electron chi connectivity index (χ2n) is 11.6. The van der Waals surface area contributed by atoms with Crippen molar-refractivity contribution >= 4 is 22.8 Å². The number of hydrogen-bond donors (Lipinski definition) is 3. The highest BCUT2D eigenvalue weighted by Gasteiger charge is 2.48. The molecule has 248 valence electrons. The van der Waals surface area contributed by atoms with Gasteiger partial charge >= 0.3 is 6.18 Å². The molecule has 1 saturated carbocycles. The van der Waals surface area contributed by atoms with Crippen LogP contribution >= 0.6 is 0 Å². The molecule has 13 heteroatoms. The van der Waals surface area contributed by atoms with Crippen LogP contribution in [-0.2, 0) is 12.0 Å². The number of aromatic nitrogens is 2. The van der Waals surface area contributed by atoms with Crippen LogP contribution in [0.2, 0.25) is 0 Å². The maximum absolute atomic E-state index is 13.8. The van der Waals surface area contributed by atoms with Gasteiger partial charge in [0, 0.05) is 49.7 Å². The topological polar surface area (TPSA) is 127 Å². The Bertz CT molecular complexity index is 1990. The first-order valence-electron chi connectivity index (χ1n) is 15.0. The van der Waals surface area contributed by atoms with E-state index in [1.807, 2.05) is 0 Å². The van der Waals surface area contributed by atoms with E-state index in [0.717, 1.165) is 0 Å². The third-order valence-corrected chi connectivity index (χ3v) is 8.42. The lowest BCUT2D eigenvalue weighted by Gasteiger charge is -2.44. The van der Waals surface area contributed by atoms with E-state index in [-0.39, 0.29) is 46.6 Å². The van der Waals surface area contributed by atoms with Gasteiger partial charge in [-0.25, -0.2) is 14.4 Å². The summed E-state index contributed by atoms with van der Waals surface area (Å²) in [4.78, 5) is 35.6. The number of carbonyl (C=O) groups is 2. The zero-order chi connectivity index (χ0) is 34.2. The Morgan fingerprint density at radius 1 is 1.02 bits per heavy atom. The van der Waals surface area contributed by atoms with E-state index in [4.69, 9.17) is 9.15 Å². The highest BCUT2D eigenvalue weighted by atomic mass is 19.4. The van der Waals surface area contributed by atoms with E-state index in [1.54, 1.807) is 18.2 Å². The highest BCUT2D eigenvalue weighted by Crippen LogP contribution is 2.42. The van der Waals surface area contributed by atoms with Crippen molar-refractivity contribution in [3.63, 3.8) is 0 Å². The van der Waals surface area contributed by atoms with Crippen molar-refractivity contribution in [2.45, 2.75) is 43.5 Å².